The van der Waals surface area contributed by atoms with Crippen molar-refractivity contribution in [2.75, 3.05) is 0 Å². The van der Waals surface area contributed by atoms with Gasteiger partial charge >= 0.3 is 0 Å². The maximum atomic E-state index is 12.4. The van der Waals surface area contributed by atoms with Crippen LogP contribution in [0.5, 0.6) is 0 Å². The summed E-state index contributed by atoms with van der Waals surface area (Å²) in [5.41, 5.74) is 3.64. The van der Waals surface area contributed by atoms with E-state index in [1.165, 1.54) is 34.9 Å². The second-order valence-electron chi connectivity index (χ2n) is 7.07. The fourth-order valence-corrected chi connectivity index (χ4v) is 5.76. The summed E-state index contributed by atoms with van der Waals surface area (Å²) in [5, 5.41) is 18.5. The summed E-state index contributed by atoms with van der Waals surface area (Å²) in [4.78, 5) is 22.7. The average Bonchev–Trinajstić information content (AvgIpc) is 2.86. The molecule has 0 radical (unpaired) electrons. The molecule has 1 N–H and O–H groups in total. The highest BCUT2D eigenvalue weighted by Crippen LogP contribution is 2.33. The summed E-state index contributed by atoms with van der Waals surface area (Å²) in [6.45, 7) is 0. The number of hydrogen-bond donors (Lipinski definition) is 1. The van der Waals surface area contributed by atoms with Crippen molar-refractivity contribution in [3.05, 3.63) is 130 Å². The molecule has 0 spiro atoms. The van der Waals surface area contributed by atoms with Gasteiger partial charge in [-0.1, -0.05) is 84.9 Å². The number of amides is 1. The summed E-state index contributed by atoms with van der Waals surface area (Å²) < 4.78 is 0. The number of rotatable bonds is 7. The zero-order valence-electron chi connectivity index (χ0n) is 17.5. The van der Waals surface area contributed by atoms with Crippen molar-refractivity contribution in [1.82, 2.24) is 5.43 Å². The maximum absolute atomic E-state index is 12.4. The molecular weight excluding hydrogens is 433 g/mol. The van der Waals surface area contributed by atoms with Crippen LogP contribution in [-0.4, -0.2) is 17.0 Å². The van der Waals surface area contributed by atoms with Crippen LogP contribution in [0.15, 0.2) is 114 Å². The van der Waals surface area contributed by atoms with E-state index in [1.54, 1.807) is 6.21 Å². The fraction of sp³-hybridized carbons (Fsp3) is 0. The molecule has 0 aromatic heterocycles. The Kier molecular flexibility index (Phi) is 6.98. The molecular formula is C26H20N3O3P. The molecule has 1 amide bonds. The Morgan fingerprint density at radius 1 is 0.788 bits per heavy atom. The summed E-state index contributed by atoms with van der Waals surface area (Å²) in [6.07, 6.45) is 1.64. The first-order valence-corrected chi connectivity index (χ1v) is 11.5. The lowest BCUT2D eigenvalue weighted by atomic mass is 10.2. The summed E-state index contributed by atoms with van der Waals surface area (Å²) >= 11 is 0. The number of carbonyl (C=O) groups excluding carboxylic acids is 1. The van der Waals surface area contributed by atoms with E-state index in [4.69, 9.17) is 0 Å². The average molecular weight is 453 g/mol. The number of non-ortho nitro benzene ring substituents is 1. The minimum absolute atomic E-state index is 0.0702. The molecule has 4 aromatic carbocycles. The predicted molar refractivity (Wildman–Crippen MR) is 133 cm³/mol. The van der Waals surface area contributed by atoms with Crippen molar-refractivity contribution >= 4 is 41.6 Å². The molecule has 6 nitrogen and oxygen atoms in total. The van der Waals surface area contributed by atoms with Crippen LogP contribution in [0.2, 0.25) is 0 Å². The van der Waals surface area contributed by atoms with Gasteiger partial charge in [0.15, 0.2) is 0 Å². The first-order valence-electron chi connectivity index (χ1n) is 10.2. The third-order valence-electron chi connectivity index (χ3n) is 4.92. The van der Waals surface area contributed by atoms with Crippen molar-refractivity contribution in [2.45, 2.75) is 0 Å². The molecule has 0 saturated heterocycles. The molecule has 0 aliphatic carbocycles. The van der Waals surface area contributed by atoms with E-state index in [2.05, 4.69) is 40.9 Å². The van der Waals surface area contributed by atoms with Gasteiger partial charge in [0, 0.05) is 23.3 Å². The zero-order valence-corrected chi connectivity index (χ0v) is 18.4. The van der Waals surface area contributed by atoms with Crippen LogP contribution in [0.4, 0.5) is 5.69 Å². The van der Waals surface area contributed by atoms with Crippen LogP contribution in [-0.2, 0) is 0 Å². The van der Waals surface area contributed by atoms with Crippen LogP contribution in [0, 0.1) is 10.1 Å². The van der Waals surface area contributed by atoms with E-state index in [1.807, 2.05) is 54.6 Å². The number of hydrazone groups is 1. The van der Waals surface area contributed by atoms with Crippen LogP contribution in [0.3, 0.4) is 0 Å². The van der Waals surface area contributed by atoms with E-state index >= 15 is 0 Å². The lowest BCUT2D eigenvalue weighted by molar-refractivity contribution is -0.384. The quantitative estimate of drug-likeness (QED) is 0.198. The maximum Gasteiger partial charge on any atom is 0.271 e. The molecule has 4 rings (SSSR count). The Hall–Kier alpha value is -4.15. The van der Waals surface area contributed by atoms with Crippen molar-refractivity contribution < 1.29 is 9.72 Å². The first kappa shape index (κ1) is 22.1. The normalized spacial score (nSPS) is 10.9. The lowest BCUT2D eigenvalue weighted by Crippen LogP contribution is -2.24. The molecule has 7 heteroatoms. The molecule has 0 unspecified atom stereocenters. The Balaban J connectivity index is 1.60. The first-order chi connectivity index (χ1) is 16.1. The molecule has 0 heterocycles. The second-order valence-corrected chi connectivity index (χ2v) is 9.25. The van der Waals surface area contributed by atoms with Crippen molar-refractivity contribution in [2.24, 2.45) is 5.10 Å². The van der Waals surface area contributed by atoms with Gasteiger partial charge in [-0.05, 0) is 36.0 Å². The Bertz CT molecular complexity index is 1240. The van der Waals surface area contributed by atoms with Gasteiger partial charge in [0.25, 0.3) is 11.6 Å². The number of nitro benzene ring substituents is 1. The molecule has 0 aliphatic heterocycles. The number of carbonyl (C=O) groups is 1. The summed E-state index contributed by atoms with van der Waals surface area (Å²) in [5.74, 6) is -0.438. The molecule has 33 heavy (non-hydrogen) atoms. The van der Waals surface area contributed by atoms with Gasteiger partial charge in [-0.3, -0.25) is 14.9 Å². The van der Waals surface area contributed by atoms with Crippen LogP contribution >= 0.6 is 7.92 Å². The molecule has 0 bridgehead atoms. The van der Waals surface area contributed by atoms with Gasteiger partial charge in [-0.2, -0.15) is 5.10 Å². The predicted octanol–water partition coefficient (Wildman–Crippen LogP) is 4.12. The number of hydrogen-bond acceptors (Lipinski definition) is 4. The third kappa shape index (κ3) is 5.37. The highest BCUT2D eigenvalue weighted by atomic mass is 31.1. The fourth-order valence-electron chi connectivity index (χ4n) is 3.34. The highest BCUT2D eigenvalue weighted by Gasteiger charge is 2.18. The minimum Gasteiger partial charge on any atom is -0.267 e. The van der Waals surface area contributed by atoms with Gasteiger partial charge in [0.1, 0.15) is 0 Å². The molecule has 162 valence electrons. The van der Waals surface area contributed by atoms with Crippen LogP contribution < -0.4 is 21.3 Å². The molecule has 4 aromatic rings. The van der Waals surface area contributed by atoms with Gasteiger partial charge in [-0.25, -0.2) is 5.43 Å². The highest BCUT2D eigenvalue weighted by molar-refractivity contribution is 7.80. The monoisotopic (exact) mass is 453 g/mol. The van der Waals surface area contributed by atoms with Crippen molar-refractivity contribution in [3.63, 3.8) is 0 Å². The summed E-state index contributed by atoms with van der Waals surface area (Å²) in [6, 6.07) is 34.1. The number of benzene rings is 4. The zero-order chi connectivity index (χ0) is 23.0. The molecule has 0 aliphatic rings. The van der Waals surface area contributed by atoms with E-state index < -0.39 is 18.8 Å². The Morgan fingerprint density at radius 2 is 1.33 bits per heavy atom. The molecule has 0 fully saturated rings. The standard InChI is InChI=1S/C26H20N3O3P/c30-26(20-15-17-22(18-16-20)29(31)32)28-27-19-21-9-7-8-14-25(21)33(23-10-3-1-4-11-23)24-12-5-2-6-13-24/h1-19H,(H,28,30)/b27-19+. The third-order valence-corrected chi connectivity index (χ3v) is 7.43. The van der Waals surface area contributed by atoms with Crippen molar-refractivity contribution in [3.8, 4) is 0 Å². The van der Waals surface area contributed by atoms with Crippen LogP contribution in [0.25, 0.3) is 0 Å². The van der Waals surface area contributed by atoms with E-state index in [9.17, 15) is 14.9 Å². The van der Waals surface area contributed by atoms with Gasteiger partial charge < -0.3 is 0 Å². The lowest BCUT2D eigenvalue weighted by Gasteiger charge is -2.21. The second kappa shape index (κ2) is 10.4. The van der Waals surface area contributed by atoms with Gasteiger partial charge in [-0.15, -0.1) is 0 Å². The minimum atomic E-state index is -0.820. The van der Waals surface area contributed by atoms with Crippen LogP contribution in [0.1, 0.15) is 15.9 Å². The smallest absolute Gasteiger partial charge is 0.267 e. The molecule has 0 saturated carbocycles. The summed E-state index contributed by atoms with van der Waals surface area (Å²) in [7, 11) is -0.820. The SMILES string of the molecule is O=C(N/N=C/c1ccccc1P(c1ccccc1)c1ccccc1)c1ccc([N+](=O)[O-])cc1. The number of nitrogens with zero attached hydrogens (tertiary/aromatic N) is 2. The van der Waals surface area contributed by atoms with Gasteiger partial charge in [0.05, 0.1) is 11.1 Å². The van der Waals surface area contributed by atoms with E-state index in [0.29, 0.717) is 5.56 Å². The molecule has 0 atom stereocenters. The van der Waals surface area contributed by atoms with Gasteiger partial charge in [0.2, 0.25) is 0 Å². The topological polar surface area (TPSA) is 84.6 Å². The Morgan fingerprint density at radius 3 is 1.91 bits per heavy atom. The number of nitrogens with one attached hydrogen (secondary N) is 1. The largest absolute Gasteiger partial charge is 0.271 e. The Labute approximate surface area is 192 Å². The number of nitro groups is 1. The van der Waals surface area contributed by atoms with Crippen molar-refractivity contribution in [1.29, 1.82) is 0 Å². The van der Waals surface area contributed by atoms with E-state index in [-0.39, 0.29) is 5.69 Å². The van der Waals surface area contributed by atoms with E-state index in [0.717, 1.165) is 10.9 Å².